The van der Waals surface area contributed by atoms with Crippen LogP contribution in [0, 0.1) is 23.2 Å². The highest BCUT2D eigenvalue weighted by molar-refractivity contribution is 5.75. The molecule has 0 amide bonds. The second kappa shape index (κ2) is 13.1. The third-order valence-electron chi connectivity index (χ3n) is 5.09. The number of esters is 1. The molecule has 1 N–H and O–H groups in total. The molecule has 0 radical (unpaired) electrons. The van der Waals surface area contributed by atoms with Gasteiger partial charge in [0.2, 0.25) is 0 Å². The summed E-state index contributed by atoms with van der Waals surface area (Å²) in [4.78, 5) is 24.6. The van der Waals surface area contributed by atoms with Crippen molar-refractivity contribution in [3.63, 3.8) is 0 Å². The molecule has 0 spiro atoms. The largest absolute Gasteiger partial charge is 0.481 e. The van der Waals surface area contributed by atoms with Gasteiger partial charge in [0.15, 0.2) is 0 Å². The lowest BCUT2D eigenvalue weighted by molar-refractivity contribution is -0.161. The number of carbonyl (C=O) groups excluding carboxylic acids is 1. The summed E-state index contributed by atoms with van der Waals surface area (Å²) in [6.07, 6.45) is 5.97. The van der Waals surface area contributed by atoms with E-state index in [1.54, 1.807) is 0 Å². The molecule has 2 unspecified atom stereocenters. The Morgan fingerprint density at radius 3 is 2.13 bits per heavy atom. The van der Waals surface area contributed by atoms with Crippen LogP contribution in [-0.2, 0) is 27.2 Å². The van der Waals surface area contributed by atoms with Crippen LogP contribution in [0.5, 0.6) is 0 Å². The third kappa shape index (κ3) is 10.4. The van der Waals surface area contributed by atoms with Gasteiger partial charge >= 0.3 is 11.9 Å². The minimum absolute atomic E-state index is 0.269. The Morgan fingerprint density at radius 2 is 1.63 bits per heavy atom. The maximum Gasteiger partial charge on any atom is 0.309 e. The van der Waals surface area contributed by atoms with Crippen molar-refractivity contribution in [1.29, 1.82) is 5.26 Å². The number of ether oxygens (including phenoxy) is 1. The summed E-state index contributed by atoms with van der Waals surface area (Å²) in [7, 11) is 0. The van der Waals surface area contributed by atoms with Crippen LogP contribution < -0.4 is 0 Å². The minimum atomic E-state index is -0.872. The van der Waals surface area contributed by atoms with E-state index in [2.05, 4.69) is 37.3 Å². The lowest BCUT2D eigenvalue weighted by Crippen LogP contribution is -2.31. The maximum absolute atomic E-state index is 12.7. The van der Waals surface area contributed by atoms with Gasteiger partial charge < -0.3 is 9.84 Å². The van der Waals surface area contributed by atoms with Crippen molar-refractivity contribution in [1.82, 2.24) is 0 Å². The second-order valence-electron chi connectivity index (χ2n) is 9.01. The van der Waals surface area contributed by atoms with E-state index in [0.29, 0.717) is 38.5 Å². The Hall–Kier alpha value is -2.35. The fourth-order valence-corrected chi connectivity index (χ4v) is 3.50. The number of rotatable bonds is 13. The highest BCUT2D eigenvalue weighted by Gasteiger charge is 2.30. The average molecular weight is 416 g/mol. The van der Waals surface area contributed by atoms with Crippen LogP contribution in [0.2, 0.25) is 0 Å². The highest BCUT2D eigenvalue weighted by atomic mass is 16.6. The molecule has 0 heterocycles. The fourth-order valence-electron chi connectivity index (χ4n) is 3.50. The van der Waals surface area contributed by atoms with Crippen LogP contribution >= 0.6 is 0 Å². The lowest BCUT2D eigenvalue weighted by atomic mass is 9.86. The van der Waals surface area contributed by atoms with Crippen LogP contribution in [0.4, 0.5) is 0 Å². The molecular formula is C25H37NO4. The quantitative estimate of drug-likeness (QED) is 0.329. The molecule has 1 rings (SSSR count). The highest BCUT2D eigenvalue weighted by Crippen LogP contribution is 2.26. The maximum atomic E-state index is 12.7. The number of hydrogen-bond donors (Lipinski definition) is 1. The van der Waals surface area contributed by atoms with Gasteiger partial charge in [0.25, 0.3) is 0 Å². The summed E-state index contributed by atoms with van der Waals surface area (Å²) >= 11 is 0. The monoisotopic (exact) mass is 415 g/mol. The number of unbranched alkanes of at least 4 members (excludes halogenated alkanes) is 2. The number of carbonyl (C=O) groups is 2. The Morgan fingerprint density at radius 1 is 1.03 bits per heavy atom. The molecule has 0 aromatic heterocycles. The van der Waals surface area contributed by atoms with Gasteiger partial charge in [-0.1, -0.05) is 44.0 Å². The molecule has 0 saturated heterocycles. The first-order valence-electron chi connectivity index (χ1n) is 11.1. The normalized spacial score (nSPS) is 13.3. The van der Waals surface area contributed by atoms with Crippen molar-refractivity contribution in [3.8, 4) is 6.07 Å². The average Bonchev–Trinajstić information content (AvgIpc) is 2.66. The molecule has 0 bridgehead atoms. The van der Waals surface area contributed by atoms with Crippen LogP contribution in [0.1, 0.15) is 83.8 Å². The van der Waals surface area contributed by atoms with Gasteiger partial charge in [-0.3, -0.25) is 9.59 Å². The van der Waals surface area contributed by atoms with Crippen LogP contribution in [-0.4, -0.2) is 22.6 Å². The number of nitriles is 1. The Kier molecular flexibility index (Phi) is 11.2. The van der Waals surface area contributed by atoms with Crippen molar-refractivity contribution in [3.05, 3.63) is 35.4 Å². The molecule has 30 heavy (non-hydrogen) atoms. The topological polar surface area (TPSA) is 87.4 Å². The lowest BCUT2D eigenvalue weighted by Gasteiger charge is -2.25. The van der Waals surface area contributed by atoms with Crippen LogP contribution in [0.3, 0.4) is 0 Å². The van der Waals surface area contributed by atoms with E-state index in [9.17, 15) is 14.7 Å². The molecule has 0 aliphatic carbocycles. The number of carboxylic acid groups (broad SMARTS) is 1. The van der Waals surface area contributed by atoms with Gasteiger partial charge in [-0.25, -0.2) is 0 Å². The molecule has 1 aromatic rings. The smallest absolute Gasteiger partial charge is 0.309 e. The first-order chi connectivity index (χ1) is 14.2. The van der Waals surface area contributed by atoms with E-state index in [4.69, 9.17) is 10.00 Å². The van der Waals surface area contributed by atoms with E-state index in [1.807, 2.05) is 20.8 Å². The number of aryl methyl sites for hydroxylation is 2. The first kappa shape index (κ1) is 25.7. The zero-order valence-electron chi connectivity index (χ0n) is 18.9. The summed E-state index contributed by atoms with van der Waals surface area (Å²) in [5, 5.41) is 18.5. The molecular weight excluding hydrogens is 378 g/mol. The van der Waals surface area contributed by atoms with Crippen molar-refractivity contribution in [2.75, 3.05) is 0 Å². The predicted octanol–water partition coefficient (Wildman–Crippen LogP) is 5.70. The number of hydrogen-bond acceptors (Lipinski definition) is 4. The fraction of sp³-hybridized carbons (Fsp3) is 0.640. The number of aliphatic carboxylic acids is 1. The van der Waals surface area contributed by atoms with Gasteiger partial charge in [-0.05, 0) is 70.4 Å². The zero-order chi connectivity index (χ0) is 22.6. The Balaban J connectivity index is 2.77. The van der Waals surface area contributed by atoms with Gasteiger partial charge in [0.1, 0.15) is 5.60 Å². The van der Waals surface area contributed by atoms with Crippen LogP contribution in [0.25, 0.3) is 0 Å². The van der Waals surface area contributed by atoms with Crippen LogP contribution in [0.15, 0.2) is 24.3 Å². The summed E-state index contributed by atoms with van der Waals surface area (Å²) < 4.78 is 5.54. The van der Waals surface area contributed by atoms with Gasteiger partial charge in [0, 0.05) is 6.42 Å². The number of nitrogens with zero attached hydrogens (tertiary/aromatic N) is 1. The van der Waals surface area contributed by atoms with E-state index in [1.165, 1.54) is 5.56 Å². The first-order valence-corrected chi connectivity index (χ1v) is 11.1. The molecule has 2 atom stereocenters. The number of benzene rings is 1. The second-order valence-corrected chi connectivity index (χ2v) is 9.01. The standard InChI is InChI=1S/C25H37NO4/c1-5-9-19-11-13-20(14-12-19)15-16-21(23(27)28)18-22(10-7-6-8-17-26)24(29)30-25(2,3)4/h11-14,21-22H,5-10,15-16,18H2,1-4H3,(H,27,28). The molecule has 0 saturated carbocycles. The van der Waals surface area contributed by atoms with Crippen molar-refractivity contribution >= 4 is 11.9 Å². The van der Waals surface area contributed by atoms with Crippen molar-refractivity contribution < 1.29 is 19.4 Å². The van der Waals surface area contributed by atoms with E-state index in [-0.39, 0.29) is 12.4 Å². The molecule has 0 aliphatic rings. The van der Waals surface area contributed by atoms with Gasteiger partial charge in [-0.2, -0.15) is 5.26 Å². The summed E-state index contributed by atoms with van der Waals surface area (Å²) in [5.74, 6) is -2.28. The van der Waals surface area contributed by atoms with E-state index >= 15 is 0 Å². The minimum Gasteiger partial charge on any atom is -0.481 e. The summed E-state index contributed by atoms with van der Waals surface area (Å²) in [6.45, 7) is 7.59. The molecule has 5 nitrogen and oxygen atoms in total. The summed E-state index contributed by atoms with van der Waals surface area (Å²) in [5.41, 5.74) is 1.79. The molecule has 0 aliphatic heterocycles. The molecule has 1 aromatic carbocycles. The molecule has 0 fully saturated rings. The molecule has 5 heteroatoms. The van der Waals surface area contributed by atoms with Gasteiger partial charge in [-0.15, -0.1) is 0 Å². The SMILES string of the molecule is CCCc1ccc(CCC(CC(CCCCC#N)C(=O)OC(C)(C)C)C(=O)O)cc1. The molecule has 166 valence electrons. The predicted molar refractivity (Wildman–Crippen MR) is 118 cm³/mol. The van der Waals surface area contributed by atoms with E-state index in [0.717, 1.165) is 18.4 Å². The van der Waals surface area contributed by atoms with Crippen molar-refractivity contribution in [2.24, 2.45) is 11.8 Å². The van der Waals surface area contributed by atoms with E-state index < -0.39 is 23.4 Å². The Labute approximate surface area is 181 Å². The Bertz CT molecular complexity index is 697. The zero-order valence-corrected chi connectivity index (χ0v) is 18.9. The van der Waals surface area contributed by atoms with Crippen molar-refractivity contribution in [2.45, 2.75) is 91.1 Å². The van der Waals surface area contributed by atoms with Gasteiger partial charge in [0.05, 0.1) is 17.9 Å². The number of carboxylic acids is 1. The third-order valence-corrected chi connectivity index (χ3v) is 5.09. The summed E-state index contributed by atoms with van der Waals surface area (Å²) in [6, 6.07) is 10.5.